The van der Waals surface area contributed by atoms with Crippen molar-refractivity contribution in [2.75, 3.05) is 10.2 Å². The van der Waals surface area contributed by atoms with E-state index in [0.717, 1.165) is 48.3 Å². The average Bonchev–Trinajstić information content (AvgIpc) is 3.49. The lowest BCUT2D eigenvalue weighted by Gasteiger charge is -2.37. The summed E-state index contributed by atoms with van der Waals surface area (Å²) in [5.41, 5.74) is 8.43. The molecule has 202 valence electrons. The Morgan fingerprint density at radius 3 is 2.35 bits per heavy atom. The number of urea groups is 1. The molecule has 0 bridgehead atoms. The lowest BCUT2D eigenvalue weighted by Crippen LogP contribution is -2.48. The van der Waals surface area contributed by atoms with E-state index in [9.17, 15) is 9.59 Å². The van der Waals surface area contributed by atoms with Crippen molar-refractivity contribution in [2.45, 2.75) is 44.3 Å². The molecule has 0 aliphatic heterocycles. The molecule has 5 rings (SSSR count). The number of benzene rings is 2. The molecule has 1 aliphatic rings. The van der Waals surface area contributed by atoms with Gasteiger partial charge in [-0.15, -0.1) is 0 Å². The Morgan fingerprint density at radius 2 is 1.73 bits per heavy atom. The molecule has 0 saturated heterocycles. The zero-order valence-corrected chi connectivity index (χ0v) is 21.9. The Hall–Kier alpha value is -5.10. The molecule has 0 radical (unpaired) electrons. The maximum absolute atomic E-state index is 13.6. The van der Waals surface area contributed by atoms with Crippen LogP contribution < -0.4 is 21.3 Å². The summed E-state index contributed by atoms with van der Waals surface area (Å²) in [5, 5.41) is 15.5. The second kappa shape index (κ2) is 12.2. The minimum atomic E-state index is -0.621. The van der Waals surface area contributed by atoms with E-state index in [1.807, 2.05) is 65.6 Å². The summed E-state index contributed by atoms with van der Waals surface area (Å²) >= 11 is 0. The zero-order valence-electron chi connectivity index (χ0n) is 21.9. The number of carbonyl (C=O) groups is 2. The van der Waals surface area contributed by atoms with E-state index in [0.29, 0.717) is 17.9 Å². The number of rotatable bonds is 8. The van der Waals surface area contributed by atoms with Gasteiger partial charge in [-0.3, -0.25) is 9.69 Å². The van der Waals surface area contributed by atoms with Crippen LogP contribution in [0.3, 0.4) is 0 Å². The van der Waals surface area contributed by atoms with E-state index in [-0.39, 0.29) is 23.9 Å². The average molecular weight is 535 g/mol. The van der Waals surface area contributed by atoms with Gasteiger partial charge >= 0.3 is 6.03 Å². The van der Waals surface area contributed by atoms with Gasteiger partial charge in [-0.2, -0.15) is 5.26 Å². The topological polar surface area (TPSA) is 137 Å². The summed E-state index contributed by atoms with van der Waals surface area (Å²) in [6.45, 7) is 0.428. The molecule has 3 amide bonds. The summed E-state index contributed by atoms with van der Waals surface area (Å²) in [6, 6.07) is 26.4. The molecule has 2 heterocycles. The van der Waals surface area contributed by atoms with Crippen molar-refractivity contribution in [2.24, 2.45) is 5.73 Å². The van der Waals surface area contributed by atoms with Crippen LogP contribution in [0.1, 0.15) is 47.4 Å². The highest BCUT2D eigenvalue weighted by Crippen LogP contribution is 2.31. The fraction of sp³-hybridized carbons (Fsp3) is 0.226. The third kappa shape index (κ3) is 6.30. The number of nitrogens with two attached hydrogens (primary N) is 1. The molecule has 1 aliphatic carbocycles. The number of amides is 3. The second-order valence-electron chi connectivity index (χ2n) is 9.78. The van der Waals surface area contributed by atoms with Crippen LogP contribution in [0.2, 0.25) is 0 Å². The minimum absolute atomic E-state index is 0.0127. The van der Waals surface area contributed by atoms with Crippen molar-refractivity contribution < 1.29 is 14.0 Å². The number of nitrogens with zero attached hydrogens (tertiary/aromatic N) is 3. The van der Waals surface area contributed by atoms with E-state index in [4.69, 9.17) is 15.4 Å². The number of nitriles is 1. The van der Waals surface area contributed by atoms with Gasteiger partial charge in [0.15, 0.2) is 5.76 Å². The van der Waals surface area contributed by atoms with Gasteiger partial charge in [0.2, 0.25) is 0 Å². The van der Waals surface area contributed by atoms with Crippen LogP contribution in [0.25, 0.3) is 11.3 Å². The molecule has 0 atom stereocenters. The molecular weight excluding hydrogens is 504 g/mol. The van der Waals surface area contributed by atoms with Crippen molar-refractivity contribution in [3.05, 3.63) is 102 Å². The summed E-state index contributed by atoms with van der Waals surface area (Å²) < 4.78 is 5.56. The number of carbonyl (C=O) groups excluding carboxylic acids is 2. The number of furan rings is 1. The number of anilines is 2. The van der Waals surface area contributed by atoms with Crippen molar-refractivity contribution in [1.82, 2.24) is 10.3 Å². The van der Waals surface area contributed by atoms with E-state index < -0.39 is 5.91 Å². The molecule has 2 aromatic carbocycles. The quantitative estimate of drug-likeness (QED) is 0.275. The molecule has 9 heteroatoms. The van der Waals surface area contributed by atoms with Gasteiger partial charge in [0, 0.05) is 36.1 Å². The van der Waals surface area contributed by atoms with Gasteiger partial charge in [0.25, 0.3) is 5.91 Å². The first-order valence-corrected chi connectivity index (χ1v) is 13.2. The SMILES string of the molecule is N#Cc1ccc(N[C@H]2CC[C@H](N(C(=O)NCc3ccccc3)c3ccc(-c4ccc(C(N)=O)o4)cc3)CC2)nc1. The Bertz CT molecular complexity index is 1480. The van der Waals surface area contributed by atoms with Crippen molar-refractivity contribution in [3.63, 3.8) is 0 Å². The first kappa shape index (κ1) is 26.5. The first-order valence-electron chi connectivity index (χ1n) is 13.2. The fourth-order valence-electron chi connectivity index (χ4n) is 5.00. The van der Waals surface area contributed by atoms with Gasteiger partial charge in [-0.05, 0) is 79.8 Å². The number of hydrogen-bond acceptors (Lipinski definition) is 6. The normalized spacial score (nSPS) is 16.5. The van der Waals surface area contributed by atoms with Crippen molar-refractivity contribution >= 4 is 23.4 Å². The number of pyridine rings is 1. The largest absolute Gasteiger partial charge is 0.451 e. The van der Waals surface area contributed by atoms with Crippen molar-refractivity contribution in [3.8, 4) is 17.4 Å². The lowest BCUT2D eigenvalue weighted by atomic mass is 9.89. The monoisotopic (exact) mass is 534 g/mol. The minimum Gasteiger partial charge on any atom is -0.451 e. The van der Waals surface area contributed by atoms with Crippen LogP contribution in [0.4, 0.5) is 16.3 Å². The maximum Gasteiger partial charge on any atom is 0.322 e. The molecule has 1 saturated carbocycles. The number of nitrogens with one attached hydrogen (secondary N) is 2. The van der Waals surface area contributed by atoms with E-state index in [1.54, 1.807) is 24.4 Å². The predicted octanol–water partition coefficient (Wildman–Crippen LogP) is 5.45. The maximum atomic E-state index is 13.6. The molecule has 1 fully saturated rings. The van der Waals surface area contributed by atoms with E-state index in [1.165, 1.54) is 0 Å². The Morgan fingerprint density at radius 1 is 0.975 bits per heavy atom. The van der Waals surface area contributed by atoms with Crippen LogP contribution >= 0.6 is 0 Å². The smallest absolute Gasteiger partial charge is 0.322 e. The molecule has 0 unspecified atom stereocenters. The Balaban J connectivity index is 1.30. The lowest BCUT2D eigenvalue weighted by molar-refractivity contribution is 0.0974. The highest BCUT2D eigenvalue weighted by atomic mass is 16.3. The van der Waals surface area contributed by atoms with E-state index in [2.05, 4.69) is 21.7 Å². The second-order valence-corrected chi connectivity index (χ2v) is 9.78. The first-order chi connectivity index (χ1) is 19.5. The molecule has 4 N–H and O–H groups in total. The Labute approximate surface area is 232 Å². The standard InChI is InChI=1S/C31H30N6O3/c32-18-22-6-17-29(34-20-22)36-24-9-13-26(14-10-24)37(31(39)35-19-21-4-2-1-3-5-21)25-11-7-23(8-12-25)27-15-16-28(40-27)30(33)38/h1-8,11-12,15-17,20,24,26H,9-10,13-14,19H2,(H2,33,38)(H,34,36)(H,35,39)/t24-,26-. The van der Waals surface area contributed by atoms with Gasteiger partial charge in [-0.25, -0.2) is 9.78 Å². The van der Waals surface area contributed by atoms with E-state index >= 15 is 0 Å². The molecule has 4 aromatic rings. The number of primary amides is 1. The molecular formula is C31H30N6O3. The number of aromatic nitrogens is 1. The Kier molecular flexibility index (Phi) is 8.07. The van der Waals surface area contributed by atoms with Crippen LogP contribution in [0.5, 0.6) is 0 Å². The highest BCUT2D eigenvalue weighted by molar-refractivity contribution is 5.93. The summed E-state index contributed by atoms with van der Waals surface area (Å²) in [4.78, 5) is 31.2. The van der Waals surface area contributed by atoms with Gasteiger partial charge < -0.3 is 20.8 Å². The molecule has 2 aromatic heterocycles. The van der Waals surface area contributed by atoms with Crippen molar-refractivity contribution in [1.29, 1.82) is 5.26 Å². The third-order valence-electron chi connectivity index (χ3n) is 7.09. The van der Waals surface area contributed by atoms with Gasteiger partial charge in [0.05, 0.1) is 5.56 Å². The molecule has 9 nitrogen and oxygen atoms in total. The zero-order chi connectivity index (χ0) is 27.9. The summed E-state index contributed by atoms with van der Waals surface area (Å²) in [7, 11) is 0. The highest BCUT2D eigenvalue weighted by Gasteiger charge is 2.30. The van der Waals surface area contributed by atoms with Crippen LogP contribution in [0, 0.1) is 11.3 Å². The van der Waals surface area contributed by atoms with Gasteiger partial charge in [-0.1, -0.05) is 30.3 Å². The van der Waals surface area contributed by atoms with Crippen LogP contribution in [0.15, 0.2) is 89.5 Å². The fourth-order valence-corrected chi connectivity index (χ4v) is 5.00. The molecule has 40 heavy (non-hydrogen) atoms. The number of hydrogen-bond donors (Lipinski definition) is 3. The van der Waals surface area contributed by atoms with Crippen LogP contribution in [-0.2, 0) is 6.54 Å². The summed E-state index contributed by atoms with van der Waals surface area (Å²) in [5.74, 6) is 0.753. The predicted molar refractivity (Wildman–Crippen MR) is 152 cm³/mol. The molecule has 0 spiro atoms. The summed E-state index contributed by atoms with van der Waals surface area (Å²) in [6.07, 6.45) is 4.93. The van der Waals surface area contributed by atoms with Gasteiger partial charge in [0.1, 0.15) is 17.6 Å². The third-order valence-corrected chi connectivity index (χ3v) is 7.09. The van der Waals surface area contributed by atoms with Crippen LogP contribution in [-0.4, -0.2) is 29.0 Å².